The fraction of sp³-hybridized carbons (Fsp3) is 0.500. The van der Waals surface area contributed by atoms with E-state index in [9.17, 15) is 13.2 Å². The molecule has 1 aromatic rings. The van der Waals surface area contributed by atoms with Crippen molar-refractivity contribution in [2.45, 2.75) is 31.2 Å². The van der Waals surface area contributed by atoms with Crippen LogP contribution >= 0.6 is 11.6 Å². The first kappa shape index (κ1) is 17.9. The largest absolute Gasteiger partial charge is 0.354 e. The van der Waals surface area contributed by atoms with Crippen LogP contribution in [0.15, 0.2) is 29.2 Å². The van der Waals surface area contributed by atoms with Crippen LogP contribution in [0.3, 0.4) is 0 Å². The van der Waals surface area contributed by atoms with E-state index in [-0.39, 0.29) is 29.0 Å². The first-order valence-electron chi connectivity index (χ1n) is 6.79. The summed E-state index contributed by atoms with van der Waals surface area (Å²) < 4.78 is 24.1. The Morgan fingerprint density at radius 3 is 2.43 bits per heavy atom. The minimum absolute atomic E-state index is 0.0356. The van der Waals surface area contributed by atoms with Crippen LogP contribution in [0.4, 0.5) is 0 Å². The highest BCUT2D eigenvalue weighted by Gasteiger charge is 2.20. The van der Waals surface area contributed by atoms with Crippen LogP contribution in [0.2, 0.25) is 5.02 Å². The van der Waals surface area contributed by atoms with E-state index in [0.717, 1.165) is 6.42 Å². The van der Waals surface area contributed by atoms with Crippen molar-refractivity contribution in [2.24, 2.45) is 11.7 Å². The number of halogens is 1. The summed E-state index contributed by atoms with van der Waals surface area (Å²) in [6.45, 7) is 3.87. The van der Waals surface area contributed by atoms with E-state index in [1.165, 1.54) is 24.3 Å². The molecule has 5 nitrogen and oxygen atoms in total. The molecule has 0 spiro atoms. The Kier molecular flexibility index (Phi) is 6.64. The van der Waals surface area contributed by atoms with Crippen molar-refractivity contribution in [1.82, 2.24) is 5.32 Å². The van der Waals surface area contributed by atoms with E-state index in [2.05, 4.69) is 5.32 Å². The van der Waals surface area contributed by atoms with Crippen molar-refractivity contribution < 1.29 is 13.2 Å². The monoisotopic (exact) mass is 332 g/mol. The van der Waals surface area contributed by atoms with Gasteiger partial charge in [-0.3, -0.25) is 4.79 Å². The van der Waals surface area contributed by atoms with E-state index in [4.69, 9.17) is 17.3 Å². The molecular formula is C14H21ClN2O3S. The summed E-state index contributed by atoms with van der Waals surface area (Å²) in [6, 6.07) is 5.32. The standard InChI is InChI=1S/C14H21ClN2O3S/c1-3-10(2)13(16)14(18)17-8-9-21(19,20)12-6-4-11(15)5-7-12/h4-7,10,13H,3,8-9,16H2,1-2H3,(H,17,18). The van der Waals surface area contributed by atoms with Crippen LogP contribution in [-0.2, 0) is 14.6 Å². The van der Waals surface area contributed by atoms with Gasteiger partial charge in [0.2, 0.25) is 5.91 Å². The maximum absolute atomic E-state index is 12.1. The highest BCUT2D eigenvalue weighted by atomic mass is 35.5. The molecule has 1 rings (SSSR count). The molecule has 21 heavy (non-hydrogen) atoms. The van der Waals surface area contributed by atoms with Crippen molar-refractivity contribution in [3.05, 3.63) is 29.3 Å². The van der Waals surface area contributed by atoms with E-state index in [1.54, 1.807) is 0 Å². The zero-order valence-electron chi connectivity index (χ0n) is 12.2. The molecular weight excluding hydrogens is 312 g/mol. The second kappa shape index (κ2) is 7.77. The lowest BCUT2D eigenvalue weighted by Gasteiger charge is -2.17. The lowest BCUT2D eigenvalue weighted by Crippen LogP contribution is -2.45. The zero-order valence-corrected chi connectivity index (χ0v) is 13.7. The van der Waals surface area contributed by atoms with E-state index in [1.807, 2.05) is 13.8 Å². The number of rotatable bonds is 7. The summed E-state index contributed by atoms with van der Waals surface area (Å²) in [4.78, 5) is 11.9. The van der Waals surface area contributed by atoms with Gasteiger partial charge in [-0.05, 0) is 30.2 Å². The summed E-state index contributed by atoms with van der Waals surface area (Å²) in [5, 5.41) is 3.04. The van der Waals surface area contributed by atoms with Gasteiger partial charge in [-0.15, -0.1) is 0 Å². The first-order valence-corrected chi connectivity index (χ1v) is 8.82. The Morgan fingerprint density at radius 1 is 1.33 bits per heavy atom. The minimum atomic E-state index is -3.44. The van der Waals surface area contributed by atoms with Crippen LogP contribution in [-0.4, -0.2) is 32.7 Å². The van der Waals surface area contributed by atoms with Gasteiger partial charge < -0.3 is 11.1 Å². The van der Waals surface area contributed by atoms with Gasteiger partial charge in [0.1, 0.15) is 0 Å². The molecule has 0 aliphatic rings. The summed E-state index contributed by atoms with van der Waals surface area (Å²) >= 11 is 5.72. The number of carbonyl (C=O) groups is 1. The predicted molar refractivity (Wildman–Crippen MR) is 83.9 cm³/mol. The minimum Gasteiger partial charge on any atom is -0.354 e. The fourth-order valence-electron chi connectivity index (χ4n) is 1.70. The smallest absolute Gasteiger partial charge is 0.237 e. The van der Waals surface area contributed by atoms with Crippen molar-refractivity contribution >= 4 is 27.3 Å². The van der Waals surface area contributed by atoms with Crippen molar-refractivity contribution in [2.75, 3.05) is 12.3 Å². The van der Waals surface area contributed by atoms with Crippen LogP contribution in [0.5, 0.6) is 0 Å². The Hall–Kier alpha value is -1.11. The van der Waals surface area contributed by atoms with E-state index in [0.29, 0.717) is 5.02 Å². The number of sulfone groups is 1. The van der Waals surface area contributed by atoms with Crippen LogP contribution in [0.25, 0.3) is 0 Å². The normalized spacial score (nSPS) is 14.5. The number of amides is 1. The molecule has 0 bridgehead atoms. The lowest BCUT2D eigenvalue weighted by molar-refractivity contribution is -0.123. The van der Waals surface area contributed by atoms with Crippen molar-refractivity contribution in [3.63, 3.8) is 0 Å². The molecule has 7 heteroatoms. The third kappa shape index (κ3) is 5.30. The van der Waals surface area contributed by atoms with E-state index >= 15 is 0 Å². The molecule has 118 valence electrons. The Labute approximate surface area is 130 Å². The van der Waals surface area contributed by atoms with Gasteiger partial charge >= 0.3 is 0 Å². The molecule has 2 unspecified atom stereocenters. The van der Waals surface area contributed by atoms with Crippen molar-refractivity contribution in [3.8, 4) is 0 Å². The quantitative estimate of drug-likeness (QED) is 0.793. The van der Waals surface area contributed by atoms with Gasteiger partial charge in [-0.25, -0.2) is 8.42 Å². The van der Waals surface area contributed by atoms with Gasteiger partial charge in [0.05, 0.1) is 16.7 Å². The number of benzene rings is 1. The molecule has 0 saturated carbocycles. The van der Waals surface area contributed by atoms with Gasteiger partial charge in [0.15, 0.2) is 9.84 Å². The van der Waals surface area contributed by atoms with E-state index < -0.39 is 15.9 Å². The first-order chi connectivity index (χ1) is 9.77. The number of nitrogens with two attached hydrogens (primary N) is 1. The highest BCUT2D eigenvalue weighted by molar-refractivity contribution is 7.91. The highest BCUT2D eigenvalue weighted by Crippen LogP contribution is 2.15. The SMILES string of the molecule is CCC(C)C(N)C(=O)NCCS(=O)(=O)c1ccc(Cl)cc1. The Bertz CT molecular complexity index is 572. The van der Waals surface area contributed by atoms with Gasteiger partial charge in [-0.2, -0.15) is 0 Å². The second-order valence-corrected chi connectivity index (χ2v) is 7.52. The molecule has 0 aliphatic carbocycles. The maximum atomic E-state index is 12.1. The molecule has 0 aromatic heterocycles. The summed E-state index contributed by atoms with van der Waals surface area (Å²) in [6.07, 6.45) is 0.789. The molecule has 0 fully saturated rings. The van der Waals surface area contributed by atoms with Crippen LogP contribution in [0, 0.1) is 5.92 Å². The van der Waals surface area contributed by atoms with Crippen LogP contribution < -0.4 is 11.1 Å². The van der Waals surface area contributed by atoms with Crippen LogP contribution in [0.1, 0.15) is 20.3 Å². The van der Waals surface area contributed by atoms with Crippen molar-refractivity contribution in [1.29, 1.82) is 0 Å². The second-order valence-electron chi connectivity index (χ2n) is 4.98. The summed E-state index contributed by atoms with van der Waals surface area (Å²) in [5.41, 5.74) is 5.77. The molecule has 0 saturated heterocycles. The van der Waals surface area contributed by atoms with Gasteiger partial charge in [-0.1, -0.05) is 31.9 Å². The molecule has 3 N–H and O–H groups in total. The predicted octanol–water partition coefficient (Wildman–Crippen LogP) is 1.60. The number of carbonyl (C=O) groups excluding carboxylic acids is 1. The topological polar surface area (TPSA) is 89.3 Å². The molecule has 0 aliphatic heterocycles. The molecule has 1 aromatic carbocycles. The number of hydrogen-bond acceptors (Lipinski definition) is 4. The number of hydrogen-bond donors (Lipinski definition) is 2. The summed E-state index contributed by atoms with van der Waals surface area (Å²) in [7, 11) is -3.44. The molecule has 1 amide bonds. The third-order valence-corrected chi connectivity index (χ3v) is 5.39. The average molecular weight is 333 g/mol. The summed E-state index contributed by atoms with van der Waals surface area (Å²) in [5.74, 6) is -0.443. The maximum Gasteiger partial charge on any atom is 0.237 e. The zero-order chi connectivity index (χ0) is 16.0. The lowest BCUT2D eigenvalue weighted by atomic mass is 9.99. The Balaban J connectivity index is 2.55. The average Bonchev–Trinajstić information content (AvgIpc) is 2.45. The molecule has 2 atom stereocenters. The molecule has 0 heterocycles. The fourth-order valence-corrected chi connectivity index (χ4v) is 2.98. The third-order valence-electron chi connectivity index (χ3n) is 3.40. The molecule has 0 radical (unpaired) electrons. The van der Waals surface area contributed by atoms with Gasteiger partial charge in [0.25, 0.3) is 0 Å². The Morgan fingerprint density at radius 2 is 1.90 bits per heavy atom. The van der Waals surface area contributed by atoms with Gasteiger partial charge in [0, 0.05) is 11.6 Å². The number of nitrogens with one attached hydrogen (secondary N) is 1.